The van der Waals surface area contributed by atoms with E-state index in [1.807, 2.05) is 0 Å². The van der Waals surface area contributed by atoms with Crippen molar-refractivity contribution in [2.75, 3.05) is 26.2 Å². The molecule has 1 aromatic rings. The third kappa shape index (κ3) is 2.19. The van der Waals surface area contributed by atoms with Gasteiger partial charge in [0, 0.05) is 24.3 Å². The van der Waals surface area contributed by atoms with Gasteiger partial charge in [-0.25, -0.2) is 0 Å². The molecule has 3 heterocycles. The van der Waals surface area contributed by atoms with Gasteiger partial charge in [-0.15, -0.1) is 0 Å². The molecular formula is C14H24N4. The lowest BCUT2D eigenvalue weighted by atomic mass is 9.78. The molecule has 0 aliphatic carbocycles. The monoisotopic (exact) mass is 248 g/mol. The standard InChI is InChI=1S/C14H24N4/c1-11-13(12(2)17-16-11)9-18-8-5-14(10-18)3-6-15-7-4-14/h15H,3-10H2,1-2H3,(H,16,17). The van der Waals surface area contributed by atoms with Crippen LogP contribution in [0.2, 0.25) is 0 Å². The molecule has 4 nitrogen and oxygen atoms in total. The molecule has 3 rings (SSSR count). The maximum Gasteiger partial charge on any atom is 0.0639 e. The van der Waals surface area contributed by atoms with E-state index in [4.69, 9.17) is 0 Å². The predicted molar refractivity (Wildman–Crippen MR) is 72.5 cm³/mol. The van der Waals surface area contributed by atoms with E-state index in [0.717, 1.165) is 6.54 Å². The summed E-state index contributed by atoms with van der Waals surface area (Å²) < 4.78 is 0. The first-order valence-electron chi connectivity index (χ1n) is 7.12. The summed E-state index contributed by atoms with van der Waals surface area (Å²) in [4.78, 5) is 2.62. The summed E-state index contributed by atoms with van der Waals surface area (Å²) in [6.07, 6.45) is 4.09. The van der Waals surface area contributed by atoms with Crippen LogP contribution in [0.5, 0.6) is 0 Å². The van der Waals surface area contributed by atoms with E-state index in [-0.39, 0.29) is 0 Å². The highest BCUT2D eigenvalue weighted by Gasteiger charge is 2.38. The van der Waals surface area contributed by atoms with Gasteiger partial charge in [0.25, 0.3) is 0 Å². The Kier molecular flexibility index (Phi) is 3.16. The van der Waals surface area contributed by atoms with Crippen molar-refractivity contribution in [1.29, 1.82) is 0 Å². The van der Waals surface area contributed by atoms with Crippen molar-refractivity contribution in [2.24, 2.45) is 5.41 Å². The van der Waals surface area contributed by atoms with E-state index < -0.39 is 0 Å². The second-order valence-electron chi connectivity index (χ2n) is 6.12. The molecule has 18 heavy (non-hydrogen) atoms. The molecule has 0 unspecified atom stereocenters. The normalized spacial score (nSPS) is 23.9. The van der Waals surface area contributed by atoms with Gasteiger partial charge >= 0.3 is 0 Å². The van der Waals surface area contributed by atoms with Crippen molar-refractivity contribution in [3.63, 3.8) is 0 Å². The number of piperidine rings is 1. The predicted octanol–water partition coefficient (Wildman–Crippen LogP) is 1.60. The Morgan fingerprint density at radius 1 is 1.22 bits per heavy atom. The average molecular weight is 248 g/mol. The molecule has 0 radical (unpaired) electrons. The fourth-order valence-electron chi connectivity index (χ4n) is 3.56. The van der Waals surface area contributed by atoms with E-state index in [2.05, 4.69) is 34.3 Å². The van der Waals surface area contributed by atoms with Crippen LogP contribution < -0.4 is 5.32 Å². The lowest BCUT2D eigenvalue weighted by Gasteiger charge is -2.33. The van der Waals surface area contributed by atoms with Crippen LogP contribution in [-0.4, -0.2) is 41.3 Å². The fraction of sp³-hybridized carbons (Fsp3) is 0.786. The Hall–Kier alpha value is -0.870. The molecule has 1 aromatic heterocycles. The topological polar surface area (TPSA) is 44.0 Å². The van der Waals surface area contributed by atoms with E-state index in [1.165, 1.54) is 62.4 Å². The first kappa shape index (κ1) is 12.2. The molecule has 4 heteroatoms. The van der Waals surface area contributed by atoms with Crippen molar-refractivity contribution in [2.45, 2.75) is 39.7 Å². The maximum atomic E-state index is 4.30. The summed E-state index contributed by atoms with van der Waals surface area (Å²) in [6.45, 7) is 10.3. The van der Waals surface area contributed by atoms with Crippen LogP contribution >= 0.6 is 0 Å². The summed E-state index contributed by atoms with van der Waals surface area (Å²) in [5, 5.41) is 10.9. The molecule has 0 amide bonds. The van der Waals surface area contributed by atoms with Crippen LogP contribution in [0, 0.1) is 19.3 Å². The summed E-state index contributed by atoms with van der Waals surface area (Å²) >= 11 is 0. The minimum Gasteiger partial charge on any atom is -0.317 e. The number of H-pyrrole nitrogens is 1. The highest BCUT2D eigenvalue weighted by atomic mass is 15.2. The third-order valence-electron chi connectivity index (χ3n) is 4.84. The zero-order valence-corrected chi connectivity index (χ0v) is 11.6. The second kappa shape index (κ2) is 4.67. The Bertz CT molecular complexity index is 398. The first-order chi connectivity index (χ1) is 8.69. The smallest absolute Gasteiger partial charge is 0.0639 e. The minimum atomic E-state index is 0.608. The molecule has 0 saturated carbocycles. The van der Waals surface area contributed by atoms with Gasteiger partial charge in [0.05, 0.1) is 5.69 Å². The molecule has 0 atom stereocenters. The first-order valence-corrected chi connectivity index (χ1v) is 7.12. The number of likely N-dealkylation sites (tertiary alicyclic amines) is 1. The fourth-order valence-corrected chi connectivity index (χ4v) is 3.56. The van der Waals surface area contributed by atoms with Gasteiger partial charge in [0.1, 0.15) is 0 Å². The van der Waals surface area contributed by atoms with Crippen LogP contribution in [0.1, 0.15) is 36.2 Å². The van der Waals surface area contributed by atoms with Gasteiger partial charge in [-0.3, -0.25) is 10.00 Å². The number of aryl methyl sites for hydroxylation is 2. The van der Waals surface area contributed by atoms with Crippen LogP contribution in [0.3, 0.4) is 0 Å². The maximum absolute atomic E-state index is 4.30. The summed E-state index contributed by atoms with van der Waals surface area (Å²) in [5.74, 6) is 0. The van der Waals surface area contributed by atoms with Crippen molar-refractivity contribution < 1.29 is 0 Å². The van der Waals surface area contributed by atoms with Gasteiger partial charge in [0.2, 0.25) is 0 Å². The quantitative estimate of drug-likeness (QED) is 0.835. The van der Waals surface area contributed by atoms with Crippen molar-refractivity contribution >= 4 is 0 Å². The number of aromatic nitrogens is 2. The van der Waals surface area contributed by atoms with E-state index >= 15 is 0 Å². The average Bonchev–Trinajstić information content (AvgIpc) is 2.89. The van der Waals surface area contributed by atoms with Gasteiger partial charge in [-0.2, -0.15) is 5.10 Å². The minimum absolute atomic E-state index is 0.608. The Labute approximate surface area is 109 Å². The van der Waals surface area contributed by atoms with Crippen molar-refractivity contribution in [3.8, 4) is 0 Å². The number of nitrogens with zero attached hydrogens (tertiary/aromatic N) is 2. The molecule has 0 aromatic carbocycles. The molecular weight excluding hydrogens is 224 g/mol. The number of hydrogen-bond acceptors (Lipinski definition) is 3. The number of rotatable bonds is 2. The zero-order chi connectivity index (χ0) is 12.6. The van der Waals surface area contributed by atoms with Crippen molar-refractivity contribution in [3.05, 3.63) is 17.0 Å². The number of nitrogens with one attached hydrogen (secondary N) is 2. The highest BCUT2D eigenvalue weighted by Crippen LogP contribution is 2.39. The Morgan fingerprint density at radius 3 is 2.67 bits per heavy atom. The molecule has 2 N–H and O–H groups in total. The van der Waals surface area contributed by atoms with Crippen molar-refractivity contribution in [1.82, 2.24) is 20.4 Å². The molecule has 2 saturated heterocycles. The Balaban J connectivity index is 1.66. The number of aromatic amines is 1. The summed E-state index contributed by atoms with van der Waals surface area (Å²) in [7, 11) is 0. The zero-order valence-electron chi connectivity index (χ0n) is 11.6. The lowest BCUT2D eigenvalue weighted by molar-refractivity contribution is 0.193. The largest absolute Gasteiger partial charge is 0.317 e. The molecule has 2 fully saturated rings. The molecule has 0 bridgehead atoms. The Morgan fingerprint density at radius 2 is 2.00 bits per heavy atom. The molecule has 100 valence electrons. The molecule has 2 aliphatic rings. The van der Waals surface area contributed by atoms with Gasteiger partial charge in [-0.05, 0) is 58.2 Å². The third-order valence-corrected chi connectivity index (χ3v) is 4.84. The van der Waals surface area contributed by atoms with Crippen LogP contribution in [0.4, 0.5) is 0 Å². The van der Waals surface area contributed by atoms with Crippen LogP contribution in [0.15, 0.2) is 0 Å². The summed E-state index contributed by atoms with van der Waals surface area (Å²) in [5.41, 5.74) is 4.41. The molecule has 1 spiro atoms. The highest BCUT2D eigenvalue weighted by molar-refractivity contribution is 5.23. The van der Waals surface area contributed by atoms with E-state index in [9.17, 15) is 0 Å². The summed E-state index contributed by atoms with van der Waals surface area (Å²) in [6, 6.07) is 0. The second-order valence-corrected chi connectivity index (χ2v) is 6.12. The van der Waals surface area contributed by atoms with E-state index in [0.29, 0.717) is 5.41 Å². The van der Waals surface area contributed by atoms with Gasteiger partial charge in [0.15, 0.2) is 0 Å². The molecule has 2 aliphatic heterocycles. The lowest BCUT2D eigenvalue weighted by Crippen LogP contribution is -2.38. The van der Waals surface area contributed by atoms with Crippen LogP contribution in [-0.2, 0) is 6.54 Å². The van der Waals surface area contributed by atoms with Crippen LogP contribution in [0.25, 0.3) is 0 Å². The SMILES string of the molecule is Cc1n[nH]c(C)c1CN1CCC2(CCNCC2)C1. The van der Waals surface area contributed by atoms with Gasteiger partial charge in [-0.1, -0.05) is 0 Å². The van der Waals surface area contributed by atoms with E-state index in [1.54, 1.807) is 0 Å². The van der Waals surface area contributed by atoms with Gasteiger partial charge < -0.3 is 5.32 Å². The number of hydrogen-bond donors (Lipinski definition) is 2.